The van der Waals surface area contributed by atoms with Crippen molar-refractivity contribution in [3.8, 4) is 11.5 Å². The van der Waals surface area contributed by atoms with Crippen molar-refractivity contribution in [3.05, 3.63) is 48.3 Å². The smallest absolute Gasteiger partial charge is 0.431 e. The number of piperidine rings is 1. The highest BCUT2D eigenvalue weighted by Gasteiger charge is 2.49. The summed E-state index contributed by atoms with van der Waals surface area (Å²) in [6, 6.07) is 10.4. The Labute approximate surface area is 211 Å². The SMILES string of the molecule is COc1ccc(F)c(N2CC3CC2CC3Oc2ccc(N3N=C(C(F)(F)F)C(C)C3CC(=O)O)cc2)c1. The Hall–Kier alpha value is -3.50. The number of hydrogen-bond acceptors (Lipinski definition) is 6. The van der Waals surface area contributed by atoms with Crippen molar-refractivity contribution in [2.24, 2.45) is 16.9 Å². The molecule has 0 amide bonds. The van der Waals surface area contributed by atoms with E-state index in [2.05, 4.69) is 10.0 Å². The first kappa shape index (κ1) is 25.2. The predicted molar refractivity (Wildman–Crippen MR) is 129 cm³/mol. The molecule has 7 nitrogen and oxygen atoms in total. The Balaban J connectivity index is 1.27. The van der Waals surface area contributed by atoms with Crippen LogP contribution in [0.4, 0.5) is 28.9 Å². The van der Waals surface area contributed by atoms with Crippen molar-refractivity contribution in [1.82, 2.24) is 0 Å². The summed E-state index contributed by atoms with van der Waals surface area (Å²) in [5, 5.41) is 14.1. The number of halogens is 4. The highest BCUT2D eigenvalue weighted by atomic mass is 19.4. The fourth-order valence-electron chi connectivity index (χ4n) is 5.72. The van der Waals surface area contributed by atoms with E-state index in [0.29, 0.717) is 35.8 Å². The number of nitrogens with zero attached hydrogens (tertiary/aromatic N) is 3. The number of carboxylic acids is 1. The van der Waals surface area contributed by atoms with Gasteiger partial charge >= 0.3 is 12.1 Å². The molecule has 11 heteroatoms. The number of fused-ring (bicyclic) bond motifs is 2. The lowest BCUT2D eigenvalue weighted by Gasteiger charge is -2.33. The molecule has 2 heterocycles. The maximum atomic E-state index is 14.5. The van der Waals surface area contributed by atoms with Gasteiger partial charge in [-0.05, 0) is 42.8 Å². The molecular formula is C26H27F4N3O4. The van der Waals surface area contributed by atoms with Crippen molar-refractivity contribution in [3.63, 3.8) is 0 Å². The van der Waals surface area contributed by atoms with Crippen LogP contribution in [0.2, 0.25) is 0 Å². The van der Waals surface area contributed by atoms with E-state index in [1.54, 1.807) is 43.5 Å². The molecule has 5 atom stereocenters. The molecule has 2 aromatic carbocycles. The standard InChI is InChI=1S/C26H27F4N3O4/c1-14-21(12-24(34)35)33(31-25(14)26(28,29)30)16-3-5-18(6-4-16)37-23-10-17-9-15(23)13-32(17)22-11-19(36-2)7-8-20(22)27/h3-8,11,14-15,17,21,23H,9-10,12-13H2,1-2H3,(H,34,35). The number of benzene rings is 2. The van der Waals surface area contributed by atoms with Crippen LogP contribution in [0.1, 0.15) is 26.2 Å². The number of hydrazone groups is 1. The van der Waals surface area contributed by atoms with Crippen molar-refractivity contribution < 1.29 is 36.9 Å². The van der Waals surface area contributed by atoms with Gasteiger partial charge in [-0.2, -0.15) is 18.3 Å². The Morgan fingerprint density at radius 1 is 1.14 bits per heavy atom. The molecule has 5 rings (SSSR count). The Morgan fingerprint density at radius 3 is 2.43 bits per heavy atom. The summed E-state index contributed by atoms with van der Waals surface area (Å²) in [6.07, 6.45) is -3.60. The van der Waals surface area contributed by atoms with Crippen LogP contribution < -0.4 is 19.4 Å². The molecule has 0 spiro atoms. The number of aliphatic carboxylic acids is 1. The van der Waals surface area contributed by atoms with Crippen LogP contribution in [0, 0.1) is 17.7 Å². The van der Waals surface area contributed by atoms with Gasteiger partial charge in [0, 0.05) is 36.9 Å². The third kappa shape index (κ3) is 4.78. The van der Waals surface area contributed by atoms with E-state index in [-0.39, 0.29) is 23.9 Å². The monoisotopic (exact) mass is 521 g/mol. The lowest BCUT2D eigenvalue weighted by atomic mass is 9.94. The lowest BCUT2D eigenvalue weighted by molar-refractivity contribution is -0.137. The summed E-state index contributed by atoms with van der Waals surface area (Å²) in [5.74, 6) is -1.22. The highest BCUT2D eigenvalue weighted by Crippen LogP contribution is 2.44. The third-order valence-corrected chi connectivity index (χ3v) is 7.54. The number of anilines is 2. The maximum absolute atomic E-state index is 14.5. The van der Waals surface area contributed by atoms with Crippen LogP contribution in [0.3, 0.4) is 0 Å². The molecule has 1 saturated carbocycles. The summed E-state index contributed by atoms with van der Waals surface area (Å²) >= 11 is 0. The fourth-order valence-corrected chi connectivity index (χ4v) is 5.72. The molecule has 1 saturated heterocycles. The molecule has 5 unspecified atom stereocenters. The highest BCUT2D eigenvalue weighted by molar-refractivity contribution is 5.95. The summed E-state index contributed by atoms with van der Waals surface area (Å²) < 4.78 is 66.2. The molecule has 0 aromatic heterocycles. The molecule has 3 aliphatic rings. The quantitative estimate of drug-likeness (QED) is 0.512. The Kier molecular flexibility index (Phi) is 6.41. The molecule has 37 heavy (non-hydrogen) atoms. The third-order valence-electron chi connectivity index (χ3n) is 7.54. The minimum absolute atomic E-state index is 0.0674. The maximum Gasteiger partial charge on any atom is 0.431 e. The minimum atomic E-state index is -4.64. The molecule has 1 aliphatic carbocycles. The van der Waals surface area contributed by atoms with Crippen LogP contribution in [-0.2, 0) is 4.79 Å². The molecule has 2 aromatic rings. The van der Waals surface area contributed by atoms with Gasteiger partial charge in [0.05, 0.1) is 30.9 Å². The van der Waals surface area contributed by atoms with Gasteiger partial charge in [0.1, 0.15) is 29.1 Å². The number of hydrogen-bond donors (Lipinski definition) is 1. The van der Waals surface area contributed by atoms with E-state index >= 15 is 0 Å². The number of carbonyl (C=O) groups is 1. The lowest BCUT2D eigenvalue weighted by Crippen LogP contribution is -2.40. The average molecular weight is 522 g/mol. The van der Waals surface area contributed by atoms with Gasteiger partial charge in [-0.15, -0.1) is 0 Å². The van der Waals surface area contributed by atoms with E-state index in [1.165, 1.54) is 13.0 Å². The van der Waals surface area contributed by atoms with E-state index < -0.39 is 36.2 Å². The second-order valence-corrected chi connectivity index (χ2v) is 9.79. The zero-order valence-electron chi connectivity index (χ0n) is 20.3. The first-order chi connectivity index (χ1) is 17.5. The van der Waals surface area contributed by atoms with Crippen molar-refractivity contribution in [2.45, 2.75) is 50.6 Å². The minimum Gasteiger partial charge on any atom is -0.497 e. The van der Waals surface area contributed by atoms with Crippen LogP contribution in [0.5, 0.6) is 11.5 Å². The number of rotatable bonds is 7. The summed E-state index contributed by atoms with van der Waals surface area (Å²) in [7, 11) is 1.54. The first-order valence-electron chi connectivity index (χ1n) is 12.1. The molecule has 0 radical (unpaired) electrons. The normalized spacial score (nSPS) is 27.0. The largest absolute Gasteiger partial charge is 0.497 e. The molecule has 1 N–H and O–H groups in total. The van der Waals surface area contributed by atoms with Gasteiger partial charge < -0.3 is 19.5 Å². The van der Waals surface area contributed by atoms with Crippen molar-refractivity contribution in [2.75, 3.05) is 23.6 Å². The topological polar surface area (TPSA) is 74.6 Å². The molecule has 2 fully saturated rings. The van der Waals surface area contributed by atoms with Gasteiger partial charge in [-0.25, -0.2) is 4.39 Å². The molecule has 2 bridgehead atoms. The molecular weight excluding hydrogens is 494 g/mol. The van der Waals surface area contributed by atoms with Gasteiger partial charge in [-0.3, -0.25) is 9.80 Å². The predicted octanol–water partition coefficient (Wildman–Crippen LogP) is 5.10. The van der Waals surface area contributed by atoms with Gasteiger partial charge in [0.2, 0.25) is 0 Å². The number of alkyl halides is 3. The Bertz CT molecular complexity index is 1200. The van der Waals surface area contributed by atoms with Crippen LogP contribution in [-0.4, -0.2) is 54.8 Å². The first-order valence-corrected chi connectivity index (χ1v) is 12.1. The van der Waals surface area contributed by atoms with Gasteiger partial charge in [0.25, 0.3) is 0 Å². The average Bonchev–Trinajstić information content (AvgIpc) is 3.53. The van der Waals surface area contributed by atoms with E-state index in [1.807, 2.05) is 0 Å². The summed E-state index contributed by atoms with van der Waals surface area (Å²) in [4.78, 5) is 13.4. The molecule has 2 aliphatic heterocycles. The number of ether oxygens (including phenoxy) is 2. The van der Waals surface area contributed by atoms with Crippen LogP contribution in [0.15, 0.2) is 47.6 Å². The van der Waals surface area contributed by atoms with Crippen LogP contribution >= 0.6 is 0 Å². The van der Waals surface area contributed by atoms with Gasteiger partial charge in [-0.1, -0.05) is 6.92 Å². The summed E-state index contributed by atoms with van der Waals surface area (Å²) in [5.41, 5.74) is -0.111. The Morgan fingerprint density at radius 2 is 1.84 bits per heavy atom. The fraction of sp³-hybridized carbons (Fsp3) is 0.462. The van der Waals surface area contributed by atoms with Crippen molar-refractivity contribution in [1.29, 1.82) is 0 Å². The van der Waals surface area contributed by atoms with E-state index in [9.17, 15) is 27.5 Å². The van der Waals surface area contributed by atoms with Gasteiger partial charge in [0.15, 0.2) is 0 Å². The zero-order valence-corrected chi connectivity index (χ0v) is 20.3. The van der Waals surface area contributed by atoms with Crippen LogP contribution in [0.25, 0.3) is 0 Å². The van der Waals surface area contributed by atoms with E-state index in [0.717, 1.165) is 11.4 Å². The summed E-state index contributed by atoms with van der Waals surface area (Å²) in [6.45, 7) is 1.99. The van der Waals surface area contributed by atoms with Crippen molar-refractivity contribution >= 4 is 23.1 Å². The molecule has 198 valence electrons. The van der Waals surface area contributed by atoms with E-state index in [4.69, 9.17) is 9.47 Å². The second-order valence-electron chi connectivity index (χ2n) is 9.79. The zero-order chi connectivity index (χ0) is 26.5. The number of carboxylic acid groups (broad SMARTS) is 1. The second kappa shape index (κ2) is 9.42. The number of methoxy groups -OCH3 is 1.